The minimum atomic E-state index is -2.69. The Kier molecular flexibility index (Phi) is 5.26. The monoisotopic (exact) mass is 458 g/mol. The number of nitrogen functional groups attached to an aromatic ring is 1. The van der Waals surface area contributed by atoms with Crippen LogP contribution in [0.5, 0.6) is 0 Å². The lowest BCUT2D eigenvalue weighted by molar-refractivity contribution is -0.0498. The number of alkyl halides is 2. The van der Waals surface area contributed by atoms with Crippen LogP contribution >= 0.6 is 0 Å². The maximum Gasteiger partial charge on any atom is 0.248 e. The lowest BCUT2D eigenvalue weighted by Crippen LogP contribution is -2.45. The molecule has 0 aromatic carbocycles. The summed E-state index contributed by atoms with van der Waals surface area (Å²) in [6, 6.07) is 1.91. The summed E-state index contributed by atoms with van der Waals surface area (Å²) >= 11 is 0. The van der Waals surface area contributed by atoms with Gasteiger partial charge in [-0.1, -0.05) is 5.16 Å². The van der Waals surface area contributed by atoms with Crippen molar-refractivity contribution < 1.29 is 13.3 Å². The van der Waals surface area contributed by atoms with Gasteiger partial charge in [0.1, 0.15) is 11.6 Å². The molecule has 4 radical (unpaired) electrons. The number of aromatic nitrogens is 5. The maximum absolute atomic E-state index is 13.8. The van der Waals surface area contributed by atoms with E-state index in [-0.39, 0.29) is 37.4 Å². The first-order chi connectivity index (χ1) is 16.1. The summed E-state index contributed by atoms with van der Waals surface area (Å²) in [6.45, 7) is 3.68. The molecular formula is C23H22B2F2N6O. The highest BCUT2D eigenvalue weighted by Gasteiger charge is 2.41. The Morgan fingerprint density at radius 3 is 2.47 bits per heavy atom. The van der Waals surface area contributed by atoms with Gasteiger partial charge in [0, 0.05) is 41.9 Å². The van der Waals surface area contributed by atoms with Crippen LogP contribution in [0.25, 0.3) is 33.4 Å². The van der Waals surface area contributed by atoms with Crippen molar-refractivity contribution in [2.24, 2.45) is 5.92 Å². The topological polar surface area (TPSA) is 95.7 Å². The van der Waals surface area contributed by atoms with Gasteiger partial charge in [-0.05, 0) is 44.0 Å². The highest BCUT2D eigenvalue weighted by atomic mass is 19.3. The smallest absolute Gasteiger partial charge is 0.248 e. The zero-order valence-corrected chi connectivity index (χ0v) is 18.9. The first-order valence-electron chi connectivity index (χ1n) is 11.0. The normalized spacial score (nSPS) is 16.8. The zero-order chi connectivity index (χ0) is 24.3. The van der Waals surface area contributed by atoms with Crippen molar-refractivity contribution >= 4 is 32.5 Å². The predicted molar refractivity (Wildman–Crippen MR) is 127 cm³/mol. The highest BCUT2D eigenvalue weighted by molar-refractivity contribution is 6.38. The Labute approximate surface area is 198 Å². The molecule has 5 rings (SSSR count). The number of rotatable bonds is 4. The van der Waals surface area contributed by atoms with E-state index in [1.807, 2.05) is 19.9 Å². The van der Waals surface area contributed by atoms with Gasteiger partial charge in [0.05, 0.1) is 50.5 Å². The fourth-order valence-electron chi connectivity index (χ4n) is 4.82. The third-order valence-corrected chi connectivity index (χ3v) is 6.70. The minimum absolute atomic E-state index is 0.216. The first-order valence-corrected chi connectivity index (χ1v) is 11.0. The molecule has 1 saturated carbocycles. The molecule has 0 bridgehead atoms. The van der Waals surface area contributed by atoms with Crippen LogP contribution in [0.2, 0.25) is 0 Å². The maximum atomic E-state index is 13.8. The van der Waals surface area contributed by atoms with E-state index in [0.717, 1.165) is 16.8 Å². The van der Waals surface area contributed by atoms with Crippen molar-refractivity contribution in [2.45, 2.75) is 50.8 Å². The Morgan fingerprint density at radius 2 is 1.85 bits per heavy atom. The lowest BCUT2D eigenvalue weighted by Gasteiger charge is -2.42. The number of fused-ring (bicyclic) bond motifs is 1. The molecule has 34 heavy (non-hydrogen) atoms. The predicted octanol–water partition coefficient (Wildman–Crippen LogP) is 4.12. The average Bonchev–Trinajstić information content (AvgIpc) is 3.33. The van der Waals surface area contributed by atoms with E-state index in [4.69, 9.17) is 30.9 Å². The van der Waals surface area contributed by atoms with Crippen molar-refractivity contribution in [3.63, 3.8) is 0 Å². The molecule has 0 unspecified atom stereocenters. The minimum Gasteiger partial charge on any atom is -0.382 e. The molecule has 0 saturated heterocycles. The second-order valence-electron chi connectivity index (χ2n) is 9.05. The molecule has 0 atom stereocenters. The van der Waals surface area contributed by atoms with Crippen LogP contribution in [-0.2, 0) is 5.34 Å². The Balaban J connectivity index is 1.69. The SMILES string of the molecule is [B]C([B])(C1CCC(F)(F)CC1)n1cc(-c2cnc(N)cn2)c2ncc(-c3c(C)noc3C)cc21. The molecule has 7 nitrogen and oxygen atoms in total. The van der Waals surface area contributed by atoms with Crippen LogP contribution in [0.15, 0.2) is 35.4 Å². The van der Waals surface area contributed by atoms with E-state index in [9.17, 15) is 8.78 Å². The van der Waals surface area contributed by atoms with E-state index >= 15 is 0 Å². The third-order valence-electron chi connectivity index (χ3n) is 6.70. The summed E-state index contributed by atoms with van der Waals surface area (Å²) in [5.74, 6) is -2.09. The number of nitrogens with zero attached hydrogens (tertiary/aromatic N) is 5. The molecule has 11 heteroatoms. The fraction of sp³-hybridized carbons (Fsp3) is 0.391. The summed E-state index contributed by atoms with van der Waals surface area (Å²) in [5.41, 5.74) is 10.5. The molecule has 0 spiro atoms. The van der Waals surface area contributed by atoms with Crippen LogP contribution in [-0.4, -0.2) is 46.3 Å². The number of pyridine rings is 1. The summed E-state index contributed by atoms with van der Waals surface area (Å²) in [5, 5.41) is 2.61. The van der Waals surface area contributed by atoms with Crippen molar-refractivity contribution in [2.75, 3.05) is 5.73 Å². The van der Waals surface area contributed by atoms with Gasteiger partial charge < -0.3 is 14.8 Å². The van der Waals surface area contributed by atoms with Gasteiger partial charge in [0.25, 0.3) is 0 Å². The van der Waals surface area contributed by atoms with Gasteiger partial charge >= 0.3 is 0 Å². The van der Waals surface area contributed by atoms with Gasteiger partial charge in [0.2, 0.25) is 5.92 Å². The van der Waals surface area contributed by atoms with E-state index < -0.39 is 11.3 Å². The first kappa shape index (κ1) is 22.6. The summed E-state index contributed by atoms with van der Waals surface area (Å²) in [7, 11) is 13.4. The van der Waals surface area contributed by atoms with Crippen molar-refractivity contribution in [1.29, 1.82) is 0 Å². The molecule has 2 N–H and O–H groups in total. The average molecular weight is 458 g/mol. The van der Waals surface area contributed by atoms with Gasteiger partial charge in [-0.15, -0.1) is 0 Å². The number of hydrogen-bond donors (Lipinski definition) is 1. The van der Waals surface area contributed by atoms with Crippen molar-refractivity contribution in [1.82, 2.24) is 24.7 Å². The van der Waals surface area contributed by atoms with Crippen LogP contribution < -0.4 is 5.73 Å². The second kappa shape index (κ2) is 7.92. The van der Waals surface area contributed by atoms with Gasteiger partial charge in [-0.3, -0.25) is 9.97 Å². The second-order valence-corrected chi connectivity index (χ2v) is 9.05. The number of anilines is 1. The molecule has 4 aromatic rings. The fourth-order valence-corrected chi connectivity index (χ4v) is 4.82. The van der Waals surface area contributed by atoms with E-state index in [1.165, 1.54) is 6.20 Å². The van der Waals surface area contributed by atoms with Gasteiger partial charge in [-0.2, -0.15) is 0 Å². The Morgan fingerprint density at radius 1 is 1.12 bits per heavy atom. The highest BCUT2D eigenvalue weighted by Crippen LogP contribution is 2.43. The number of hydrogen-bond acceptors (Lipinski definition) is 6. The standard InChI is InChI=1S/C23H22B2F2N6O/c1-12-20(13(2)34-32-12)14-7-18-21(31-8-14)16(17-9-30-19(28)10-29-17)11-33(18)23(24,25)15-3-5-22(26,27)6-4-15/h7-11,15H,3-6H2,1-2H3,(H2,28,30). The lowest BCUT2D eigenvalue weighted by atomic mass is 9.52. The number of halogens is 2. The molecule has 0 aliphatic heterocycles. The molecule has 1 fully saturated rings. The molecule has 0 amide bonds. The van der Waals surface area contributed by atoms with E-state index in [2.05, 4.69) is 15.1 Å². The van der Waals surface area contributed by atoms with Crippen molar-refractivity contribution in [3.05, 3.63) is 42.3 Å². The third kappa shape index (κ3) is 3.76. The van der Waals surface area contributed by atoms with Crippen LogP contribution in [0.3, 0.4) is 0 Å². The summed E-state index contributed by atoms with van der Waals surface area (Å²) in [6.07, 6.45) is 6.44. The molecule has 4 aromatic heterocycles. The van der Waals surface area contributed by atoms with Gasteiger partial charge in [-0.25, -0.2) is 13.8 Å². The van der Waals surface area contributed by atoms with E-state index in [0.29, 0.717) is 28.1 Å². The number of nitrogens with two attached hydrogens (primary N) is 1. The Bertz CT molecular complexity index is 1340. The van der Waals surface area contributed by atoms with E-state index in [1.54, 1.807) is 23.2 Å². The zero-order valence-electron chi connectivity index (χ0n) is 18.9. The van der Waals surface area contributed by atoms with Gasteiger partial charge in [0.15, 0.2) is 0 Å². The number of aryl methyl sites for hydroxylation is 2. The molecule has 170 valence electrons. The summed E-state index contributed by atoms with van der Waals surface area (Å²) < 4.78 is 34.7. The molecule has 1 aliphatic rings. The quantitative estimate of drug-likeness (QED) is 0.463. The molecule has 4 heterocycles. The Hall–Kier alpha value is -3.23. The van der Waals surface area contributed by atoms with Crippen molar-refractivity contribution in [3.8, 4) is 22.4 Å². The molecular weight excluding hydrogens is 436 g/mol. The largest absolute Gasteiger partial charge is 0.382 e. The molecule has 1 aliphatic carbocycles. The van der Waals surface area contributed by atoms with Crippen LogP contribution in [0.1, 0.15) is 37.1 Å². The van der Waals surface area contributed by atoms with Crippen LogP contribution in [0.4, 0.5) is 14.6 Å². The summed E-state index contributed by atoms with van der Waals surface area (Å²) in [4.78, 5) is 13.2. The van der Waals surface area contributed by atoms with Crippen LogP contribution in [0, 0.1) is 19.8 Å².